The summed E-state index contributed by atoms with van der Waals surface area (Å²) in [4.78, 5) is 17.7. The van der Waals surface area contributed by atoms with E-state index < -0.39 is 10.0 Å². The molecule has 0 aromatic heterocycles. The lowest BCUT2D eigenvalue weighted by molar-refractivity contribution is 0.0739. The Morgan fingerprint density at radius 2 is 1.62 bits per heavy atom. The topological polar surface area (TPSA) is 100 Å². The molecule has 2 saturated heterocycles. The predicted octanol–water partition coefficient (Wildman–Crippen LogP) is 4.81. The smallest absolute Gasteiger partial charge is 0.317 e. The molecular weight excluding hydrogens is 516 g/mol. The summed E-state index contributed by atoms with van der Waals surface area (Å²) in [6.07, 6.45) is 6.97. The van der Waals surface area contributed by atoms with Gasteiger partial charge in [0.25, 0.3) is 0 Å². The van der Waals surface area contributed by atoms with E-state index in [-0.39, 0.29) is 18.1 Å². The van der Waals surface area contributed by atoms with Crippen molar-refractivity contribution in [2.75, 3.05) is 43.8 Å². The van der Waals surface area contributed by atoms with Crippen molar-refractivity contribution in [3.63, 3.8) is 0 Å². The molecule has 4 rings (SSSR count). The number of ether oxygens (including phenoxy) is 2. The molecule has 2 aromatic rings. The average Bonchev–Trinajstić information content (AvgIpc) is 2.92. The minimum Gasteiger partial charge on any atom is -0.457 e. The van der Waals surface area contributed by atoms with Crippen molar-refractivity contribution in [3.8, 4) is 11.5 Å². The number of amides is 2. The standard InChI is InChI=1S/C29H42N4O5S/c1-3-4-17-33(29(34)30-24-15-20-37-21-16-24)26-13-18-32(19-14-26)22-23-5-9-27(10-6-23)38-28-11-7-25(8-12-28)31-39(2,35)36/h5-12,24,26,31H,3-4,13-22H2,1-2H3,(H,30,34). The first-order valence-corrected chi connectivity index (χ1v) is 15.9. The van der Waals surface area contributed by atoms with Crippen LogP contribution < -0.4 is 14.8 Å². The van der Waals surface area contributed by atoms with Crippen molar-refractivity contribution >= 4 is 21.7 Å². The largest absolute Gasteiger partial charge is 0.457 e. The third kappa shape index (κ3) is 9.40. The molecule has 0 aliphatic carbocycles. The first kappa shape index (κ1) is 29.2. The van der Waals surface area contributed by atoms with Gasteiger partial charge in [-0.05, 0) is 74.1 Å². The highest BCUT2D eigenvalue weighted by molar-refractivity contribution is 7.92. The molecular formula is C29H42N4O5S. The number of benzene rings is 2. The van der Waals surface area contributed by atoms with E-state index in [9.17, 15) is 13.2 Å². The molecule has 0 radical (unpaired) electrons. The van der Waals surface area contributed by atoms with Crippen molar-refractivity contribution in [2.24, 2.45) is 0 Å². The number of hydrogen-bond donors (Lipinski definition) is 2. The molecule has 2 aliphatic heterocycles. The molecule has 2 aliphatic rings. The van der Waals surface area contributed by atoms with Crippen molar-refractivity contribution < 1.29 is 22.7 Å². The Balaban J connectivity index is 1.25. The normalized spacial score (nSPS) is 17.5. The van der Waals surface area contributed by atoms with Crippen LogP contribution in [0.3, 0.4) is 0 Å². The zero-order chi connectivity index (χ0) is 27.7. The highest BCUT2D eigenvalue weighted by atomic mass is 32.2. The summed E-state index contributed by atoms with van der Waals surface area (Å²) in [5.41, 5.74) is 1.71. The Labute approximate surface area is 232 Å². The van der Waals surface area contributed by atoms with Crippen LogP contribution in [0.4, 0.5) is 10.5 Å². The number of nitrogens with one attached hydrogen (secondary N) is 2. The SMILES string of the molecule is CCCCN(C(=O)NC1CCOCC1)C1CCN(Cc2ccc(Oc3ccc(NS(C)(=O)=O)cc3)cc2)CC1. The third-order valence-electron chi connectivity index (χ3n) is 7.28. The lowest BCUT2D eigenvalue weighted by Crippen LogP contribution is -2.53. The van der Waals surface area contributed by atoms with Crippen molar-refractivity contribution in [3.05, 3.63) is 54.1 Å². The van der Waals surface area contributed by atoms with Crippen LogP contribution in [-0.2, 0) is 21.3 Å². The monoisotopic (exact) mass is 558 g/mol. The number of sulfonamides is 1. The van der Waals surface area contributed by atoms with Gasteiger partial charge in [0.15, 0.2) is 0 Å². The van der Waals surface area contributed by atoms with E-state index >= 15 is 0 Å². The summed E-state index contributed by atoms with van der Waals surface area (Å²) in [5.74, 6) is 1.36. The number of rotatable bonds is 11. The first-order valence-electron chi connectivity index (χ1n) is 14.0. The number of urea groups is 1. The molecule has 0 saturated carbocycles. The van der Waals surface area contributed by atoms with E-state index in [0.29, 0.717) is 11.4 Å². The van der Waals surface area contributed by atoms with Crippen LogP contribution in [0.15, 0.2) is 48.5 Å². The van der Waals surface area contributed by atoms with Crippen LogP contribution in [0.25, 0.3) is 0 Å². The third-order valence-corrected chi connectivity index (χ3v) is 7.89. The number of anilines is 1. The van der Waals surface area contributed by atoms with Gasteiger partial charge in [0, 0.05) is 57.2 Å². The molecule has 2 aromatic carbocycles. The van der Waals surface area contributed by atoms with Gasteiger partial charge in [0.2, 0.25) is 10.0 Å². The molecule has 0 unspecified atom stereocenters. The van der Waals surface area contributed by atoms with Gasteiger partial charge in [-0.3, -0.25) is 9.62 Å². The predicted molar refractivity (Wildman–Crippen MR) is 154 cm³/mol. The van der Waals surface area contributed by atoms with Crippen molar-refractivity contribution in [2.45, 2.75) is 64.1 Å². The fourth-order valence-corrected chi connectivity index (χ4v) is 5.69. The number of hydrogen-bond acceptors (Lipinski definition) is 6. The lowest BCUT2D eigenvalue weighted by Gasteiger charge is -2.39. The number of likely N-dealkylation sites (tertiary alicyclic amines) is 1. The van der Waals surface area contributed by atoms with Crippen molar-refractivity contribution in [1.29, 1.82) is 0 Å². The van der Waals surface area contributed by atoms with Crippen LogP contribution in [0.5, 0.6) is 11.5 Å². The summed E-state index contributed by atoms with van der Waals surface area (Å²) in [6, 6.07) is 15.5. The van der Waals surface area contributed by atoms with Gasteiger partial charge in [-0.15, -0.1) is 0 Å². The second kappa shape index (κ2) is 14.0. The van der Waals surface area contributed by atoms with Gasteiger partial charge in [-0.25, -0.2) is 13.2 Å². The van der Waals surface area contributed by atoms with E-state index in [1.807, 2.05) is 12.1 Å². The Bertz CT molecular complexity index is 1140. The molecule has 2 heterocycles. The molecule has 214 valence electrons. The highest BCUT2D eigenvalue weighted by Crippen LogP contribution is 2.25. The fourth-order valence-electron chi connectivity index (χ4n) is 5.13. The van der Waals surface area contributed by atoms with E-state index in [1.165, 1.54) is 5.56 Å². The van der Waals surface area contributed by atoms with Crippen LogP contribution in [0, 0.1) is 0 Å². The molecule has 0 atom stereocenters. The number of unbranched alkanes of at least 4 members (excludes halogenated alkanes) is 1. The van der Waals surface area contributed by atoms with Gasteiger partial charge in [0.1, 0.15) is 11.5 Å². The van der Waals surface area contributed by atoms with Gasteiger partial charge >= 0.3 is 6.03 Å². The molecule has 2 N–H and O–H groups in total. The van der Waals surface area contributed by atoms with Crippen molar-refractivity contribution in [1.82, 2.24) is 15.1 Å². The maximum absolute atomic E-state index is 13.1. The Morgan fingerprint density at radius 3 is 2.21 bits per heavy atom. The maximum atomic E-state index is 13.1. The summed E-state index contributed by atoms with van der Waals surface area (Å²) < 4.78 is 36.5. The summed E-state index contributed by atoms with van der Waals surface area (Å²) in [6.45, 7) is 7.22. The maximum Gasteiger partial charge on any atom is 0.317 e. The van der Waals surface area contributed by atoms with Crippen LogP contribution in [0.1, 0.15) is 51.0 Å². The summed E-state index contributed by atoms with van der Waals surface area (Å²) in [7, 11) is -3.31. The molecule has 0 bridgehead atoms. The number of nitrogens with zero attached hydrogens (tertiary/aromatic N) is 2. The van der Waals surface area contributed by atoms with Crippen LogP contribution in [-0.4, -0.2) is 75.4 Å². The van der Waals surface area contributed by atoms with Gasteiger partial charge in [-0.2, -0.15) is 0 Å². The Kier molecular flexibility index (Phi) is 10.5. The number of carbonyl (C=O) groups excluding carboxylic acids is 1. The molecule has 9 nitrogen and oxygen atoms in total. The van der Waals surface area contributed by atoms with Gasteiger partial charge < -0.3 is 19.7 Å². The lowest BCUT2D eigenvalue weighted by atomic mass is 10.0. The molecule has 2 fully saturated rings. The van der Waals surface area contributed by atoms with E-state index in [1.54, 1.807) is 24.3 Å². The molecule has 2 amide bonds. The quantitative estimate of drug-likeness (QED) is 0.411. The Morgan fingerprint density at radius 1 is 1.00 bits per heavy atom. The van der Waals surface area contributed by atoms with Gasteiger partial charge in [-0.1, -0.05) is 25.5 Å². The second-order valence-electron chi connectivity index (χ2n) is 10.5. The summed E-state index contributed by atoms with van der Waals surface area (Å²) >= 11 is 0. The number of carbonyl (C=O) groups is 1. The van der Waals surface area contributed by atoms with E-state index in [4.69, 9.17) is 9.47 Å². The average molecular weight is 559 g/mol. The molecule has 10 heteroatoms. The summed E-state index contributed by atoms with van der Waals surface area (Å²) in [5, 5.41) is 3.26. The van der Waals surface area contributed by atoms with E-state index in [0.717, 1.165) is 89.9 Å². The van der Waals surface area contributed by atoms with Crippen LogP contribution in [0.2, 0.25) is 0 Å². The number of piperidine rings is 1. The second-order valence-corrected chi connectivity index (χ2v) is 12.3. The minimum atomic E-state index is -3.31. The molecule has 0 spiro atoms. The zero-order valence-corrected chi connectivity index (χ0v) is 23.9. The highest BCUT2D eigenvalue weighted by Gasteiger charge is 2.29. The van der Waals surface area contributed by atoms with Gasteiger partial charge in [0.05, 0.1) is 6.26 Å². The minimum absolute atomic E-state index is 0.0886. The zero-order valence-electron chi connectivity index (χ0n) is 23.1. The van der Waals surface area contributed by atoms with Crippen LogP contribution >= 0.6 is 0 Å². The molecule has 39 heavy (non-hydrogen) atoms. The Hall–Kier alpha value is -2.82. The fraction of sp³-hybridized carbons (Fsp3) is 0.552. The first-order chi connectivity index (χ1) is 18.8. The van der Waals surface area contributed by atoms with E-state index in [2.05, 4.69) is 38.9 Å².